The second kappa shape index (κ2) is 7.43. The average Bonchev–Trinajstić information content (AvgIpc) is 2.36. The van der Waals surface area contributed by atoms with E-state index >= 15 is 0 Å². The van der Waals surface area contributed by atoms with E-state index in [1.54, 1.807) is 19.1 Å². The van der Waals surface area contributed by atoms with E-state index in [2.05, 4.69) is 0 Å². The number of carbonyl (C=O) groups is 2. The quantitative estimate of drug-likeness (QED) is 0.439. The van der Waals surface area contributed by atoms with Crippen molar-refractivity contribution < 1.29 is 14.3 Å². The van der Waals surface area contributed by atoms with Crippen molar-refractivity contribution in [1.82, 2.24) is 0 Å². The molecule has 0 spiro atoms. The van der Waals surface area contributed by atoms with E-state index in [4.69, 9.17) is 4.74 Å². The fraction of sp³-hybridized carbons (Fsp3) is 0.333. The molecule has 1 rings (SSSR count). The zero-order chi connectivity index (χ0) is 13.4. The lowest BCUT2D eigenvalue weighted by molar-refractivity contribution is -0.141. The maximum absolute atomic E-state index is 12.0. The molecular weight excluding hydrogens is 228 g/mol. The second-order valence-corrected chi connectivity index (χ2v) is 3.80. The Morgan fingerprint density at radius 3 is 2.61 bits per heavy atom. The molecule has 0 fully saturated rings. The molecule has 0 aromatic heterocycles. The molecule has 0 aliphatic rings. The van der Waals surface area contributed by atoms with Gasteiger partial charge in [-0.3, -0.25) is 9.59 Å². The number of benzene rings is 1. The minimum atomic E-state index is -0.475. The number of rotatable bonds is 6. The van der Waals surface area contributed by atoms with Crippen LogP contribution in [0.5, 0.6) is 0 Å². The lowest BCUT2D eigenvalue weighted by Crippen LogP contribution is -2.12. The van der Waals surface area contributed by atoms with Crippen molar-refractivity contribution in [2.24, 2.45) is 0 Å². The maximum atomic E-state index is 12.0. The number of hydrogen-bond donors (Lipinski definition) is 0. The van der Waals surface area contributed by atoms with Gasteiger partial charge in [-0.15, -0.1) is 0 Å². The van der Waals surface area contributed by atoms with Gasteiger partial charge in [0.2, 0.25) is 0 Å². The zero-order valence-electron chi connectivity index (χ0n) is 10.8. The van der Waals surface area contributed by atoms with Crippen LogP contribution in [0.4, 0.5) is 0 Å². The van der Waals surface area contributed by atoms with E-state index < -0.39 is 5.97 Å². The number of ketones is 1. The first kappa shape index (κ1) is 14.2. The fourth-order valence-corrected chi connectivity index (χ4v) is 1.58. The van der Waals surface area contributed by atoms with Crippen molar-refractivity contribution in [3.05, 3.63) is 41.5 Å². The van der Waals surface area contributed by atoms with Crippen LogP contribution in [0.25, 0.3) is 6.08 Å². The highest BCUT2D eigenvalue weighted by atomic mass is 16.5. The summed E-state index contributed by atoms with van der Waals surface area (Å²) in [5.41, 5.74) is 1.41. The van der Waals surface area contributed by atoms with Crippen molar-refractivity contribution in [2.75, 3.05) is 6.61 Å². The Labute approximate surface area is 107 Å². The molecule has 1 aromatic rings. The van der Waals surface area contributed by atoms with E-state index in [-0.39, 0.29) is 12.2 Å². The molecule has 0 N–H and O–H groups in total. The Morgan fingerprint density at radius 1 is 1.22 bits per heavy atom. The van der Waals surface area contributed by atoms with Gasteiger partial charge in [-0.25, -0.2) is 0 Å². The third-order valence-electron chi connectivity index (χ3n) is 2.40. The van der Waals surface area contributed by atoms with E-state index in [0.29, 0.717) is 12.2 Å². The largest absolute Gasteiger partial charge is 0.466 e. The first-order valence-corrected chi connectivity index (χ1v) is 6.13. The van der Waals surface area contributed by atoms with Crippen LogP contribution >= 0.6 is 0 Å². The van der Waals surface area contributed by atoms with Gasteiger partial charge >= 0.3 is 5.97 Å². The highest BCUT2D eigenvalue weighted by Crippen LogP contribution is 2.14. The van der Waals surface area contributed by atoms with Crippen LogP contribution in [0.3, 0.4) is 0 Å². The SMILES string of the molecule is CC/C=C\c1ccccc1C(=O)CC(=O)OCC. The molecule has 3 heteroatoms. The summed E-state index contributed by atoms with van der Waals surface area (Å²) in [6, 6.07) is 7.26. The summed E-state index contributed by atoms with van der Waals surface area (Å²) in [6.45, 7) is 4.04. The normalized spacial score (nSPS) is 10.6. The zero-order valence-corrected chi connectivity index (χ0v) is 10.8. The monoisotopic (exact) mass is 246 g/mol. The average molecular weight is 246 g/mol. The summed E-state index contributed by atoms with van der Waals surface area (Å²) in [6.07, 6.45) is 4.58. The topological polar surface area (TPSA) is 43.4 Å². The van der Waals surface area contributed by atoms with E-state index in [0.717, 1.165) is 12.0 Å². The fourth-order valence-electron chi connectivity index (χ4n) is 1.58. The molecule has 1 aromatic carbocycles. The van der Waals surface area contributed by atoms with Crippen LogP contribution in [0, 0.1) is 0 Å². The van der Waals surface area contributed by atoms with Crippen molar-refractivity contribution in [3.8, 4) is 0 Å². The third-order valence-corrected chi connectivity index (χ3v) is 2.40. The first-order valence-electron chi connectivity index (χ1n) is 6.13. The summed E-state index contributed by atoms with van der Waals surface area (Å²) in [4.78, 5) is 23.3. The standard InChI is InChI=1S/C15H18O3/c1-3-5-8-12-9-6-7-10-13(12)14(16)11-15(17)18-4-2/h5-10H,3-4,11H2,1-2H3/b8-5-. The highest BCUT2D eigenvalue weighted by Gasteiger charge is 2.14. The first-order chi connectivity index (χ1) is 8.69. The van der Waals surface area contributed by atoms with E-state index in [1.165, 1.54) is 0 Å². The van der Waals surface area contributed by atoms with Gasteiger partial charge in [-0.2, -0.15) is 0 Å². The van der Waals surface area contributed by atoms with Gasteiger partial charge in [0.15, 0.2) is 5.78 Å². The molecule has 3 nitrogen and oxygen atoms in total. The van der Waals surface area contributed by atoms with Gasteiger partial charge in [0.1, 0.15) is 6.42 Å². The molecule has 0 bridgehead atoms. The molecule has 0 unspecified atom stereocenters. The van der Waals surface area contributed by atoms with Crippen LogP contribution < -0.4 is 0 Å². The maximum Gasteiger partial charge on any atom is 0.313 e. The molecule has 18 heavy (non-hydrogen) atoms. The molecule has 0 atom stereocenters. The molecule has 0 amide bonds. The lowest BCUT2D eigenvalue weighted by Gasteiger charge is -2.05. The van der Waals surface area contributed by atoms with Gasteiger partial charge in [0.05, 0.1) is 6.61 Å². The highest BCUT2D eigenvalue weighted by molar-refractivity contribution is 6.07. The van der Waals surface area contributed by atoms with Crippen LogP contribution in [-0.4, -0.2) is 18.4 Å². The summed E-state index contributed by atoms with van der Waals surface area (Å²) >= 11 is 0. The van der Waals surface area contributed by atoms with E-state index in [9.17, 15) is 9.59 Å². The summed E-state index contributed by atoms with van der Waals surface area (Å²) in [5, 5.41) is 0. The van der Waals surface area contributed by atoms with Crippen LogP contribution in [0.1, 0.15) is 42.6 Å². The van der Waals surface area contributed by atoms with Crippen molar-refractivity contribution in [2.45, 2.75) is 26.7 Å². The number of esters is 1. The molecule has 0 saturated heterocycles. The minimum Gasteiger partial charge on any atom is -0.466 e. The molecule has 0 aliphatic carbocycles. The molecule has 0 aliphatic heterocycles. The lowest BCUT2D eigenvalue weighted by atomic mass is 10.0. The Balaban J connectivity index is 2.85. The smallest absolute Gasteiger partial charge is 0.313 e. The third kappa shape index (κ3) is 4.17. The van der Waals surface area contributed by atoms with Crippen molar-refractivity contribution in [3.63, 3.8) is 0 Å². The molecular formula is C15H18O3. The Morgan fingerprint density at radius 2 is 1.94 bits per heavy atom. The van der Waals surface area contributed by atoms with Gasteiger partial charge in [0, 0.05) is 5.56 Å². The van der Waals surface area contributed by atoms with E-state index in [1.807, 2.05) is 31.2 Å². The Bertz CT molecular complexity index is 447. The Kier molecular flexibility index (Phi) is 5.85. The summed E-state index contributed by atoms with van der Waals surface area (Å²) < 4.78 is 4.78. The molecule has 0 radical (unpaired) electrons. The molecule has 0 saturated carbocycles. The minimum absolute atomic E-state index is 0.204. The van der Waals surface area contributed by atoms with Gasteiger partial charge in [0.25, 0.3) is 0 Å². The van der Waals surface area contributed by atoms with Crippen molar-refractivity contribution >= 4 is 17.8 Å². The molecule has 96 valence electrons. The number of allylic oxidation sites excluding steroid dienone is 1. The van der Waals surface area contributed by atoms with Crippen LogP contribution in [0.2, 0.25) is 0 Å². The van der Waals surface area contributed by atoms with Gasteiger partial charge in [-0.05, 0) is 18.9 Å². The van der Waals surface area contributed by atoms with Gasteiger partial charge < -0.3 is 4.74 Å². The Hall–Kier alpha value is -1.90. The number of ether oxygens (including phenoxy) is 1. The second-order valence-electron chi connectivity index (χ2n) is 3.80. The number of hydrogen-bond acceptors (Lipinski definition) is 3. The number of Topliss-reactive ketones (excluding diaryl/α,β-unsaturated/α-hetero) is 1. The van der Waals surface area contributed by atoms with Gasteiger partial charge in [-0.1, -0.05) is 43.3 Å². The molecule has 0 heterocycles. The van der Waals surface area contributed by atoms with Crippen LogP contribution in [0.15, 0.2) is 30.3 Å². The number of carbonyl (C=O) groups excluding carboxylic acids is 2. The van der Waals surface area contributed by atoms with Crippen LogP contribution in [-0.2, 0) is 9.53 Å². The summed E-state index contributed by atoms with van der Waals surface area (Å²) in [7, 11) is 0. The predicted molar refractivity (Wildman–Crippen MR) is 71.3 cm³/mol. The van der Waals surface area contributed by atoms with Crippen molar-refractivity contribution in [1.29, 1.82) is 0 Å². The predicted octanol–water partition coefficient (Wildman–Crippen LogP) is 3.25. The summed E-state index contributed by atoms with van der Waals surface area (Å²) in [5.74, 6) is -0.679.